The highest BCUT2D eigenvalue weighted by Crippen LogP contribution is 2.51. The Kier molecular flexibility index (Phi) is 6.93. The average molecular weight is 688 g/mol. The molecule has 0 N–H and O–H groups in total. The molecule has 252 valence electrons. The summed E-state index contributed by atoms with van der Waals surface area (Å²) in [6.07, 6.45) is 0.888. The lowest BCUT2D eigenvalue weighted by molar-refractivity contribution is 0.998. The van der Waals surface area contributed by atoms with Crippen molar-refractivity contribution < 1.29 is 0 Å². The highest BCUT2D eigenvalue weighted by molar-refractivity contribution is 6.26. The number of rotatable bonds is 5. The van der Waals surface area contributed by atoms with Crippen molar-refractivity contribution in [2.45, 2.75) is 6.42 Å². The lowest BCUT2D eigenvalue weighted by Crippen LogP contribution is -2.04. The third kappa shape index (κ3) is 4.83. The van der Waals surface area contributed by atoms with Crippen LogP contribution in [-0.4, -0.2) is 14.5 Å². The van der Waals surface area contributed by atoms with Gasteiger partial charge in [0.25, 0.3) is 0 Å². The van der Waals surface area contributed by atoms with Crippen LogP contribution in [0.15, 0.2) is 188 Å². The van der Waals surface area contributed by atoms with Crippen molar-refractivity contribution in [3.05, 3.63) is 199 Å². The topological polar surface area (TPSA) is 30.7 Å². The molecule has 0 saturated carbocycles. The molecule has 1 aliphatic carbocycles. The van der Waals surface area contributed by atoms with E-state index in [1.807, 2.05) is 0 Å². The number of fused-ring (bicyclic) bond motifs is 10. The maximum Gasteiger partial charge on any atom is 0.235 e. The summed E-state index contributed by atoms with van der Waals surface area (Å²) >= 11 is 0. The molecule has 54 heavy (non-hydrogen) atoms. The van der Waals surface area contributed by atoms with E-state index in [4.69, 9.17) is 9.97 Å². The summed E-state index contributed by atoms with van der Waals surface area (Å²) in [5, 5.41) is 4.92. The third-order valence-electron chi connectivity index (χ3n) is 11.0. The zero-order valence-corrected chi connectivity index (χ0v) is 29.4. The van der Waals surface area contributed by atoms with Gasteiger partial charge in [-0.2, -0.15) is 0 Å². The Bertz CT molecular complexity index is 2980. The molecule has 8 aromatic carbocycles. The highest BCUT2D eigenvalue weighted by atomic mass is 15.2. The van der Waals surface area contributed by atoms with Gasteiger partial charge in [0, 0.05) is 27.3 Å². The van der Waals surface area contributed by atoms with E-state index >= 15 is 0 Å². The number of benzene rings is 8. The molecule has 3 heteroatoms. The van der Waals surface area contributed by atoms with Crippen LogP contribution in [0.25, 0.3) is 94.4 Å². The molecule has 10 aromatic rings. The molecule has 2 heterocycles. The fourth-order valence-corrected chi connectivity index (χ4v) is 8.55. The zero-order valence-electron chi connectivity index (χ0n) is 29.4. The lowest BCUT2D eigenvalue weighted by Gasteiger charge is -2.14. The van der Waals surface area contributed by atoms with Crippen LogP contribution in [0.3, 0.4) is 0 Å². The van der Waals surface area contributed by atoms with Crippen LogP contribution in [0.1, 0.15) is 11.1 Å². The van der Waals surface area contributed by atoms with Crippen LogP contribution in [0.2, 0.25) is 0 Å². The van der Waals surface area contributed by atoms with Crippen LogP contribution >= 0.6 is 0 Å². The minimum atomic E-state index is 0.657. The number of aromatic nitrogens is 3. The molecular weight excluding hydrogens is 655 g/mol. The molecule has 3 nitrogen and oxygen atoms in total. The molecule has 0 fully saturated rings. The minimum absolute atomic E-state index is 0.657. The molecule has 0 radical (unpaired) electrons. The first-order valence-electron chi connectivity index (χ1n) is 18.5. The van der Waals surface area contributed by atoms with Gasteiger partial charge in [-0.25, -0.2) is 9.97 Å². The summed E-state index contributed by atoms with van der Waals surface area (Å²) in [7, 11) is 0. The van der Waals surface area contributed by atoms with E-state index < -0.39 is 0 Å². The Morgan fingerprint density at radius 1 is 0.407 bits per heavy atom. The summed E-state index contributed by atoms with van der Waals surface area (Å²) in [4.78, 5) is 10.8. The standard InChI is InChI=1S/C51H33N3/c1-5-15-33(16-6-1)37-25-26-39-31-43-40-23-13-14-24-41(40)50-49(48(43)42(39)29-37)44-30-38(34-17-7-2-8-18-34)27-28-47(44)54(50)51-52-45(35-19-9-3-10-20-35)32-46(53-51)36-21-11-4-12-22-36/h1-30,32H,31H2. The molecule has 11 rings (SSSR count). The Labute approximate surface area is 313 Å². The predicted molar refractivity (Wildman–Crippen MR) is 224 cm³/mol. The largest absolute Gasteiger partial charge is 0.277 e. The van der Waals surface area contributed by atoms with Gasteiger partial charge in [-0.15, -0.1) is 0 Å². The van der Waals surface area contributed by atoms with E-state index in [1.54, 1.807) is 0 Å². The van der Waals surface area contributed by atoms with E-state index in [0.29, 0.717) is 5.95 Å². The summed E-state index contributed by atoms with van der Waals surface area (Å²) < 4.78 is 2.33. The van der Waals surface area contributed by atoms with Crippen LogP contribution in [0.5, 0.6) is 0 Å². The lowest BCUT2D eigenvalue weighted by atomic mass is 9.92. The van der Waals surface area contributed by atoms with Crippen LogP contribution < -0.4 is 0 Å². The van der Waals surface area contributed by atoms with Crippen molar-refractivity contribution in [1.29, 1.82) is 0 Å². The van der Waals surface area contributed by atoms with E-state index in [9.17, 15) is 0 Å². The fraction of sp³-hybridized carbons (Fsp3) is 0.0196. The van der Waals surface area contributed by atoms with Crippen molar-refractivity contribution in [3.63, 3.8) is 0 Å². The molecular formula is C51H33N3. The molecule has 0 aliphatic heterocycles. The van der Waals surface area contributed by atoms with Gasteiger partial charge in [-0.05, 0) is 80.6 Å². The summed E-state index contributed by atoms with van der Waals surface area (Å²) in [6, 6.07) is 67.3. The normalized spacial score (nSPS) is 12.0. The Morgan fingerprint density at radius 3 is 1.54 bits per heavy atom. The van der Waals surface area contributed by atoms with E-state index in [-0.39, 0.29) is 0 Å². The average Bonchev–Trinajstić information content (AvgIpc) is 3.81. The highest BCUT2D eigenvalue weighted by Gasteiger charge is 2.29. The number of hydrogen-bond donors (Lipinski definition) is 0. The second-order valence-corrected chi connectivity index (χ2v) is 14.1. The molecule has 0 saturated heterocycles. The first-order valence-corrected chi connectivity index (χ1v) is 18.5. The molecule has 1 aliphatic rings. The monoisotopic (exact) mass is 687 g/mol. The molecule has 0 amide bonds. The van der Waals surface area contributed by atoms with Crippen molar-refractivity contribution in [3.8, 4) is 61.8 Å². The fourth-order valence-electron chi connectivity index (χ4n) is 8.55. The first kappa shape index (κ1) is 30.5. The van der Waals surface area contributed by atoms with Crippen LogP contribution in [-0.2, 0) is 6.42 Å². The summed E-state index contributed by atoms with van der Waals surface area (Å²) in [5.41, 5.74) is 16.3. The number of nitrogens with zero attached hydrogens (tertiary/aromatic N) is 3. The van der Waals surface area contributed by atoms with E-state index in [2.05, 4.69) is 193 Å². The second-order valence-electron chi connectivity index (χ2n) is 14.1. The summed E-state index contributed by atoms with van der Waals surface area (Å²) in [6.45, 7) is 0. The van der Waals surface area contributed by atoms with Crippen LogP contribution in [0.4, 0.5) is 0 Å². The van der Waals surface area contributed by atoms with Gasteiger partial charge >= 0.3 is 0 Å². The van der Waals surface area contributed by atoms with Gasteiger partial charge in [-0.1, -0.05) is 164 Å². The van der Waals surface area contributed by atoms with Gasteiger partial charge < -0.3 is 0 Å². The third-order valence-corrected chi connectivity index (χ3v) is 11.0. The van der Waals surface area contributed by atoms with Gasteiger partial charge in [0.05, 0.1) is 22.4 Å². The van der Waals surface area contributed by atoms with E-state index in [0.717, 1.165) is 40.0 Å². The van der Waals surface area contributed by atoms with Gasteiger partial charge in [0.2, 0.25) is 5.95 Å². The first-order chi connectivity index (χ1) is 26.8. The number of hydrogen-bond acceptors (Lipinski definition) is 2. The van der Waals surface area contributed by atoms with Crippen molar-refractivity contribution >= 4 is 32.6 Å². The molecule has 0 unspecified atom stereocenters. The Morgan fingerprint density at radius 2 is 0.926 bits per heavy atom. The van der Waals surface area contributed by atoms with Crippen molar-refractivity contribution in [1.82, 2.24) is 14.5 Å². The smallest absolute Gasteiger partial charge is 0.235 e. The quantitative estimate of drug-likeness (QED) is 0.180. The van der Waals surface area contributed by atoms with E-state index in [1.165, 1.54) is 66.1 Å². The van der Waals surface area contributed by atoms with Gasteiger partial charge in [-0.3, -0.25) is 4.57 Å². The predicted octanol–water partition coefficient (Wildman–Crippen LogP) is 13.0. The van der Waals surface area contributed by atoms with Crippen LogP contribution in [0, 0.1) is 0 Å². The molecule has 2 aromatic heterocycles. The summed E-state index contributed by atoms with van der Waals surface area (Å²) in [5.74, 6) is 0.657. The van der Waals surface area contributed by atoms with Crippen molar-refractivity contribution in [2.24, 2.45) is 0 Å². The molecule has 0 bridgehead atoms. The maximum absolute atomic E-state index is 5.40. The van der Waals surface area contributed by atoms with Gasteiger partial charge in [0.15, 0.2) is 0 Å². The maximum atomic E-state index is 5.40. The second kappa shape index (κ2) is 12.3. The Hall–Kier alpha value is -7.10. The van der Waals surface area contributed by atoms with Gasteiger partial charge in [0.1, 0.15) is 0 Å². The van der Waals surface area contributed by atoms with Crippen molar-refractivity contribution in [2.75, 3.05) is 0 Å². The zero-order chi connectivity index (χ0) is 35.6. The SMILES string of the molecule is c1ccc(-c2ccc3c(c2)-c2c(c4ccccc4c4c2c2cc(-c5ccccc5)ccc2n4-c2nc(-c4ccccc4)cc(-c4ccccc4)n2)C3)cc1. The molecule has 0 atom stereocenters. The minimum Gasteiger partial charge on any atom is -0.277 e. The Balaban J connectivity index is 1.29. The molecule has 0 spiro atoms.